The highest BCUT2D eigenvalue weighted by Gasteiger charge is 2.30. The Hall–Kier alpha value is -2.97. The Labute approximate surface area is 130 Å². The molecule has 0 amide bonds. The summed E-state index contributed by atoms with van der Waals surface area (Å²) >= 11 is 0. The number of hydrogen-bond donors (Lipinski definition) is 1. The van der Waals surface area contributed by atoms with Gasteiger partial charge in [-0.25, -0.2) is 14.0 Å². The Morgan fingerprint density at radius 1 is 1.22 bits per heavy atom. The molecule has 0 radical (unpaired) electrons. The van der Waals surface area contributed by atoms with E-state index < -0.39 is 45.3 Å². The van der Waals surface area contributed by atoms with Crippen molar-refractivity contribution < 1.29 is 33.5 Å². The number of ether oxygens (including phenoxy) is 2. The van der Waals surface area contributed by atoms with Crippen LogP contribution in [-0.4, -0.2) is 35.2 Å². The van der Waals surface area contributed by atoms with Gasteiger partial charge in [-0.2, -0.15) is 0 Å². The van der Waals surface area contributed by atoms with E-state index in [4.69, 9.17) is 0 Å². The summed E-state index contributed by atoms with van der Waals surface area (Å²) in [6, 6.07) is 2.27. The largest absolute Gasteiger partial charge is 0.506 e. The highest BCUT2D eigenvalue weighted by Crippen LogP contribution is 2.28. The number of aliphatic hydroxyl groups is 1. The number of rotatable bonds is 6. The van der Waals surface area contributed by atoms with E-state index >= 15 is 0 Å². The summed E-state index contributed by atoms with van der Waals surface area (Å²) in [5, 5.41) is 21.1. The average Bonchev–Trinajstić information content (AvgIpc) is 2.47. The molecule has 0 saturated heterocycles. The van der Waals surface area contributed by atoms with Gasteiger partial charge in [0.1, 0.15) is 5.82 Å². The lowest BCUT2D eigenvalue weighted by Crippen LogP contribution is -2.20. The molecule has 1 N–H and O–H groups in total. The summed E-state index contributed by atoms with van der Waals surface area (Å²) in [4.78, 5) is 33.7. The summed E-state index contributed by atoms with van der Waals surface area (Å²) < 4.78 is 22.4. The van der Waals surface area contributed by atoms with Crippen molar-refractivity contribution in [2.24, 2.45) is 0 Å². The van der Waals surface area contributed by atoms with Gasteiger partial charge in [-0.1, -0.05) is 0 Å². The molecule has 0 atom stereocenters. The first-order chi connectivity index (χ1) is 10.8. The zero-order chi connectivity index (χ0) is 17.6. The fraction of sp³-hybridized carbons (Fsp3) is 0.286. The normalized spacial score (nSPS) is 9.87. The summed E-state index contributed by atoms with van der Waals surface area (Å²) in [6.45, 7) is 2.75. The van der Waals surface area contributed by atoms with Crippen molar-refractivity contribution in [3.05, 3.63) is 45.3 Å². The number of halogens is 1. The van der Waals surface area contributed by atoms with Crippen LogP contribution in [0.1, 0.15) is 19.4 Å². The standard InChI is InChI=1S/C14H14FNO7/c1-3-22-13(18)11(14(19)23-4-2)12(17)9-6-5-8(15)7-10(9)16(20)21/h5-7,17H,3-4H2,1-2H3. The van der Waals surface area contributed by atoms with E-state index in [1.807, 2.05) is 0 Å². The summed E-state index contributed by atoms with van der Waals surface area (Å²) in [7, 11) is 0. The maximum atomic E-state index is 13.1. The van der Waals surface area contributed by atoms with E-state index in [1.165, 1.54) is 13.8 Å². The molecular formula is C14H14FNO7. The summed E-state index contributed by atoms with van der Waals surface area (Å²) in [6.07, 6.45) is 0. The molecule has 23 heavy (non-hydrogen) atoms. The van der Waals surface area contributed by atoms with Crippen molar-refractivity contribution in [3.8, 4) is 0 Å². The fourth-order valence-corrected chi connectivity index (χ4v) is 1.67. The molecule has 0 unspecified atom stereocenters. The van der Waals surface area contributed by atoms with Crippen LogP contribution in [0, 0.1) is 15.9 Å². The Bertz CT molecular complexity index is 649. The third-order valence-electron chi connectivity index (χ3n) is 2.61. The number of esters is 2. The number of carbonyl (C=O) groups is 2. The first-order valence-electron chi connectivity index (χ1n) is 6.55. The maximum Gasteiger partial charge on any atom is 0.349 e. The highest BCUT2D eigenvalue weighted by molar-refractivity contribution is 6.19. The van der Waals surface area contributed by atoms with E-state index in [2.05, 4.69) is 9.47 Å². The quantitative estimate of drug-likeness (QED) is 0.162. The zero-order valence-electron chi connectivity index (χ0n) is 12.4. The van der Waals surface area contributed by atoms with Gasteiger partial charge in [0.25, 0.3) is 5.69 Å². The third kappa shape index (κ3) is 4.25. The van der Waals surface area contributed by atoms with Gasteiger partial charge in [-0.15, -0.1) is 0 Å². The fourth-order valence-electron chi connectivity index (χ4n) is 1.67. The smallest absolute Gasteiger partial charge is 0.349 e. The Balaban J connectivity index is 3.55. The topological polar surface area (TPSA) is 116 Å². The molecular weight excluding hydrogens is 313 g/mol. The number of aliphatic hydroxyl groups excluding tert-OH is 1. The van der Waals surface area contributed by atoms with Crippen LogP contribution in [-0.2, 0) is 19.1 Å². The predicted molar refractivity (Wildman–Crippen MR) is 75.9 cm³/mol. The second-order valence-electron chi connectivity index (χ2n) is 4.08. The minimum absolute atomic E-state index is 0.0967. The molecule has 1 rings (SSSR count). The lowest BCUT2D eigenvalue weighted by molar-refractivity contribution is -0.385. The van der Waals surface area contributed by atoms with Crippen molar-refractivity contribution in [3.63, 3.8) is 0 Å². The van der Waals surface area contributed by atoms with Crippen molar-refractivity contribution >= 4 is 23.4 Å². The number of nitrogens with zero attached hydrogens (tertiary/aromatic N) is 1. The van der Waals surface area contributed by atoms with E-state index in [0.29, 0.717) is 6.07 Å². The molecule has 1 aromatic carbocycles. The third-order valence-corrected chi connectivity index (χ3v) is 2.61. The van der Waals surface area contributed by atoms with Gasteiger partial charge >= 0.3 is 11.9 Å². The number of hydrogen-bond acceptors (Lipinski definition) is 7. The molecule has 0 aliphatic heterocycles. The van der Waals surface area contributed by atoms with Gasteiger partial charge in [-0.3, -0.25) is 10.1 Å². The lowest BCUT2D eigenvalue weighted by Gasteiger charge is -2.10. The van der Waals surface area contributed by atoms with Crippen LogP contribution >= 0.6 is 0 Å². The Morgan fingerprint density at radius 2 is 1.74 bits per heavy atom. The number of nitro groups is 1. The highest BCUT2D eigenvalue weighted by atomic mass is 19.1. The monoisotopic (exact) mass is 327 g/mol. The summed E-state index contributed by atoms with van der Waals surface area (Å²) in [5.41, 5.74) is -2.22. The molecule has 124 valence electrons. The van der Waals surface area contributed by atoms with Gasteiger partial charge in [-0.05, 0) is 26.0 Å². The molecule has 0 bridgehead atoms. The molecule has 0 spiro atoms. The second kappa shape index (κ2) is 7.87. The molecule has 0 aliphatic carbocycles. The molecule has 0 heterocycles. The molecule has 8 nitrogen and oxygen atoms in total. The van der Waals surface area contributed by atoms with Crippen LogP contribution < -0.4 is 0 Å². The number of nitro benzene ring substituents is 1. The van der Waals surface area contributed by atoms with E-state index in [-0.39, 0.29) is 13.2 Å². The van der Waals surface area contributed by atoms with Crippen molar-refractivity contribution in [1.82, 2.24) is 0 Å². The van der Waals surface area contributed by atoms with Crippen LogP contribution in [0.3, 0.4) is 0 Å². The van der Waals surface area contributed by atoms with Crippen molar-refractivity contribution in [2.45, 2.75) is 13.8 Å². The van der Waals surface area contributed by atoms with Crippen molar-refractivity contribution in [2.75, 3.05) is 13.2 Å². The number of benzene rings is 1. The predicted octanol–water partition coefficient (Wildman–Crippen LogP) is 2.13. The summed E-state index contributed by atoms with van der Waals surface area (Å²) in [5.74, 6) is -4.35. The molecule has 0 saturated carbocycles. The van der Waals surface area contributed by atoms with Gasteiger partial charge in [0.15, 0.2) is 11.3 Å². The van der Waals surface area contributed by atoms with E-state index in [1.54, 1.807) is 0 Å². The molecule has 0 fully saturated rings. The van der Waals surface area contributed by atoms with Gasteiger partial charge in [0.05, 0.1) is 29.8 Å². The van der Waals surface area contributed by atoms with Crippen LogP contribution in [0.15, 0.2) is 23.8 Å². The molecule has 0 aliphatic rings. The van der Waals surface area contributed by atoms with Crippen molar-refractivity contribution in [1.29, 1.82) is 0 Å². The van der Waals surface area contributed by atoms with Gasteiger partial charge < -0.3 is 14.6 Å². The van der Waals surface area contributed by atoms with Crippen LogP contribution in [0.25, 0.3) is 5.76 Å². The zero-order valence-corrected chi connectivity index (χ0v) is 12.4. The second-order valence-corrected chi connectivity index (χ2v) is 4.08. The van der Waals surface area contributed by atoms with E-state index in [9.17, 15) is 29.2 Å². The lowest BCUT2D eigenvalue weighted by atomic mass is 10.1. The Kier molecular flexibility index (Phi) is 6.19. The first-order valence-corrected chi connectivity index (χ1v) is 6.55. The minimum atomic E-state index is -1.21. The number of carbonyl (C=O) groups excluding carboxylic acids is 2. The van der Waals surface area contributed by atoms with Crippen LogP contribution in [0.4, 0.5) is 10.1 Å². The molecule has 0 aromatic heterocycles. The first kappa shape index (κ1) is 18.1. The maximum absolute atomic E-state index is 13.1. The Morgan fingerprint density at radius 3 is 2.17 bits per heavy atom. The van der Waals surface area contributed by atoms with Crippen LogP contribution in [0.5, 0.6) is 0 Å². The molecule has 1 aromatic rings. The SMILES string of the molecule is CCOC(=O)C(C(=O)OCC)=C(O)c1ccc(F)cc1[N+](=O)[O-]. The van der Waals surface area contributed by atoms with Crippen LogP contribution in [0.2, 0.25) is 0 Å². The van der Waals surface area contributed by atoms with E-state index in [0.717, 1.165) is 12.1 Å². The van der Waals surface area contributed by atoms with Gasteiger partial charge in [0, 0.05) is 0 Å². The minimum Gasteiger partial charge on any atom is -0.506 e. The molecule has 9 heteroatoms. The van der Waals surface area contributed by atoms with Gasteiger partial charge in [0.2, 0.25) is 0 Å². The average molecular weight is 327 g/mol.